The standard InChI is InChI=1S/C14H13NO/c1-15-8-9-7-14(9)11-5-3-2-4-10(11)12(16)6-13(14)15/h2-6,9H,7-8H2,1H3. The summed E-state index contributed by atoms with van der Waals surface area (Å²) in [6.45, 7) is 1.10. The molecule has 1 saturated heterocycles. The van der Waals surface area contributed by atoms with Gasteiger partial charge in [0, 0.05) is 36.3 Å². The summed E-state index contributed by atoms with van der Waals surface area (Å²) in [4.78, 5) is 14.3. The number of hydrogen-bond donors (Lipinski definition) is 0. The molecule has 0 aromatic heterocycles. The Morgan fingerprint density at radius 3 is 3.06 bits per heavy atom. The van der Waals surface area contributed by atoms with Crippen molar-refractivity contribution in [3.8, 4) is 0 Å². The van der Waals surface area contributed by atoms with E-state index in [0.29, 0.717) is 0 Å². The van der Waals surface area contributed by atoms with Crippen LogP contribution in [0.2, 0.25) is 0 Å². The Bertz CT molecular complexity index is 545. The Labute approximate surface area is 94.6 Å². The van der Waals surface area contributed by atoms with Crippen LogP contribution in [0.3, 0.4) is 0 Å². The molecule has 2 unspecified atom stereocenters. The van der Waals surface area contributed by atoms with Crippen LogP contribution in [0.4, 0.5) is 0 Å². The van der Waals surface area contributed by atoms with Gasteiger partial charge in [-0.15, -0.1) is 0 Å². The number of piperidine rings is 1. The second-order valence-electron chi connectivity index (χ2n) is 5.19. The van der Waals surface area contributed by atoms with Gasteiger partial charge in [-0.1, -0.05) is 24.3 Å². The lowest BCUT2D eigenvalue weighted by Crippen LogP contribution is -2.26. The van der Waals surface area contributed by atoms with Gasteiger partial charge in [0.15, 0.2) is 5.78 Å². The molecule has 2 fully saturated rings. The molecule has 16 heavy (non-hydrogen) atoms. The lowest BCUT2D eigenvalue weighted by atomic mass is 9.81. The monoisotopic (exact) mass is 211 g/mol. The third-order valence-electron chi connectivity index (χ3n) is 4.41. The van der Waals surface area contributed by atoms with E-state index in [0.717, 1.165) is 18.0 Å². The van der Waals surface area contributed by atoms with Crippen LogP contribution in [0.25, 0.3) is 0 Å². The first kappa shape index (κ1) is 8.57. The quantitative estimate of drug-likeness (QED) is 0.654. The second kappa shape index (κ2) is 2.40. The van der Waals surface area contributed by atoms with Crippen LogP contribution < -0.4 is 0 Å². The van der Waals surface area contributed by atoms with Crippen molar-refractivity contribution < 1.29 is 4.79 Å². The molecule has 0 N–H and O–H groups in total. The first-order valence-corrected chi connectivity index (χ1v) is 5.80. The number of benzene rings is 1. The van der Waals surface area contributed by atoms with E-state index in [4.69, 9.17) is 0 Å². The summed E-state index contributed by atoms with van der Waals surface area (Å²) in [5, 5.41) is 0. The summed E-state index contributed by atoms with van der Waals surface area (Å²) in [5.41, 5.74) is 3.65. The SMILES string of the molecule is CN1CC2CC23C1=CC(=O)c1ccccc13. The van der Waals surface area contributed by atoms with Gasteiger partial charge in [-0.3, -0.25) is 4.79 Å². The van der Waals surface area contributed by atoms with Crippen molar-refractivity contribution in [2.75, 3.05) is 13.6 Å². The predicted octanol–water partition coefficient (Wildman–Crippen LogP) is 1.97. The highest BCUT2D eigenvalue weighted by molar-refractivity contribution is 6.08. The van der Waals surface area contributed by atoms with E-state index in [1.165, 1.54) is 17.7 Å². The maximum absolute atomic E-state index is 12.0. The second-order valence-corrected chi connectivity index (χ2v) is 5.19. The van der Waals surface area contributed by atoms with Gasteiger partial charge in [0.2, 0.25) is 0 Å². The molecule has 1 aromatic carbocycles. The normalized spacial score (nSPS) is 34.1. The number of ketones is 1. The number of hydrogen-bond acceptors (Lipinski definition) is 2. The minimum atomic E-state index is 0.177. The molecule has 0 bridgehead atoms. The lowest BCUT2D eigenvalue weighted by Gasteiger charge is -2.27. The molecule has 2 nitrogen and oxygen atoms in total. The maximum atomic E-state index is 12.0. The number of nitrogens with zero attached hydrogens (tertiary/aromatic N) is 1. The Hall–Kier alpha value is -1.57. The number of carbonyl (C=O) groups is 1. The highest BCUT2D eigenvalue weighted by atomic mass is 16.1. The molecular formula is C14H13NO. The van der Waals surface area contributed by atoms with Crippen LogP contribution >= 0.6 is 0 Å². The molecular weight excluding hydrogens is 198 g/mol. The minimum absolute atomic E-state index is 0.177. The van der Waals surface area contributed by atoms with Crippen LogP contribution in [0.5, 0.6) is 0 Å². The first-order valence-electron chi connectivity index (χ1n) is 5.80. The summed E-state index contributed by atoms with van der Waals surface area (Å²) in [6.07, 6.45) is 3.09. The van der Waals surface area contributed by atoms with Crippen LogP contribution in [0.1, 0.15) is 22.3 Å². The molecule has 3 aliphatic rings. The zero-order valence-corrected chi connectivity index (χ0v) is 9.23. The molecule has 1 aliphatic heterocycles. The van der Waals surface area contributed by atoms with E-state index < -0.39 is 0 Å². The van der Waals surface area contributed by atoms with Gasteiger partial charge in [-0.25, -0.2) is 0 Å². The Balaban J connectivity index is 2.02. The molecule has 2 atom stereocenters. The van der Waals surface area contributed by atoms with Crippen molar-refractivity contribution in [2.24, 2.45) is 5.92 Å². The first-order chi connectivity index (χ1) is 7.73. The molecule has 4 rings (SSSR count). The minimum Gasteiger partial charge on any atom is -0.377 e. The third kappa shape index (κ3) is 0.753. The number of carbonyl (C=O) groups excluding carboxylic acids is 1. The van der Waals surface area contributed by atoms with Gasteiger partial charge in [-0.05, 0) is 17.9 Å². The molecule has 1 spiro atoms. The average Bonchev–Trinajstić information content (AvgIpc) is 2.92. The van der Waals surface area contributed by atoms with Gasteiger partial charge in [-0.2, -0.15) is 0 Å². The molecule has 1 heterocycles. The number of likely N-dealkylation sites (N-methyl/N-ethyl adjacent to an activating group) is 1. The van der Waals surface area contributed by atoms with E-state index in [9.17, 15) is 4.79 Å². The highest BCUT2D eigenvalue weighted by Crippen LogP contribution is 2.66. The van der Waals surface area contributed by atoms with Gasteiger partial charge >= 0.3 is 0 Å². The summed E-state index contributed by atoms with van der Waals surface area (Å²) in [7, 11) is 2.10. The number of rotatable bonds is 0. The van der Waals surface area contributed by atoms with Crippen LogP contribution in [-0.4, -0.2) is 24.3 Å². The molecule has 2 heteroatoms. The van der Waals surface area contributed by atoms with Gasteiger partial charge in [0.05, 0.1) is 0 Å². The zero-order valence-electron chi connectivity index (χ0n) is 9.23. The van der Waals surface area contributed by atoms with Crippen molar-refractivity contribution in [2.45, 2.75) is 11.8 Å². The topological polar surface area (TPSA) is 20.3 Å². The fourth-order valence-corrected chi connectivity index (χ4v) is 3.63. The Kier molecular flexibility index (Phi) is 1.28. The van der Waals surface area contributed by atoms with E-state index in [1.54, 1.807) is 0 Å². The summed E-state index contributed by atoms with van der Waals surface area (Å²) < 4.78 is 0. The van der Waals surface area contributed by atoms with E-state index >= 15 is 0 Å². The maximum Gasteiger partial charge on any atom is 0.187 e. The number of allylic oxidation sites excluding steroid dienone is 2. The summed E-state index contributed by atoms with van der Waals surface area (Å²) >= 11 is 0. The summed E-state index contributed by atoms with van der Waals surface area (Å²) in [5.74, 6) is 0.911. The zero-order chi connectivity index (χ0) is 10.9. The average molecular weight is 211 g/mol. The smallest absolute Gasteiger partial charge is 0.187 e. The molecule has 80 valence electrons. The van der Waals surface area contributed by atoms with Gasteiger partial charge in [0.25, 0.3) is 0 Å². The van der Waals surface area contributed by atoms with Crippen LogP contribution in [0, 0.1) is 5.92 Å². The van der Waals surface area contributed by atoms with Crippen LogP contribution in [-0.2, 0) is 5.41 Å². The molecule has 1 aromatic rings. The van der Waals surface area contributed by atoms with Gasteiger partial charge < -0.3 is 4.90 Å². The molecule has 0 radical (unpaired) electrons. The Morgan fingerprint density at radius 1 is 1.38 bits per heavy atom. The van der Waals surface area contributed by atoms with Crippen molar-refractivity contribution in [3.05, 3.63) is 47.2 Å². The number of likely N-dealkylation sites (tertiary alicyclic amines) is 1. The van der Waals surface area contributed by atoms with E-state index in [1.807, 2.05) is 18.2 Å². The van der Waals surface area contributed by atoms with E-state index in [-0.39, 0.29) is 11.2 Å². The lowest BCUT2D eigenvalue weighted by molar-refractivity contribution is 0.103. The van der Waals surface area contributed by atoms with E-state index in [2.05, 4.69) is 24.1 Å². The fourth-order valence-electron chi connectivity index (χ4n) is 3.63. The highest BCUT2D eigenvalue weighted by Gasteiger charge is 2.65. The fraction of sp³-hybridized carbons (Fsp3) is 0.357. The van der Waals surface area contributed by atoms with Gasteiger partial charge in [0.1, 0.15) is 0 Å². The predicted molar refractivity (Wildman–Crippen MR) is 61.3 cm³/mol. The molecule has 2 aliphatic carbocycles. The third-order valence-corrected chi connectivity index (χ3v) is 4.41. The summed E-state index contributed by atoms with van der Waals surface area (Å²) in [6, 6.07) is 8.12. The van der Waals surface area contributed by atoms with Crippen LogP contribution in [0.15, 0.2) is 36.0 Å². The molecule has 0 amide bonds. The number of fused-ring (bicyclic) bond motifs is 1. The van der Waals surface area contributed by atoms with Crippen molar-refractivity contribution in [1.29, 1.82) is 0 Å². The Morgan fingerprint density at radius 2 is 2.19 bits per heavy atom. The van der Waals surface area contributed by atoms with Crippen molar-refractivity contribution in [3.63, 3.8) is 0 Å². The van der Waals surface area contributed by atoms with Crippen molar-refractivity contribution >= 4 is 5.78 Å². The largest absolute Gasteiger partial charge is 0.377 e. The van der Waals surface area contributed by atoms with Crippen molar-refractivity contribution in [1.82, 2.24) is 4.90 Å². The molecule has 1 saturated carbocycles.